The van der Waals surface area contributed by atoms with E-state index in [9.17, 15) is 0 Å². The molecular formula is C17H30. The lowest BCUT2D eigenvalue weighted by Gasteiger charge is -2.06. The zero-order valence-corrected chi connectivity index (χ0v) is 12.3. The molecule has 0 saturated carbocycles. The van der Waals surface area contributed by atoms with E-state index in [4.69, 9.17) is 0 Å². The lowest BCUT2D eigenvalue weighted by Crippen LogP contribution is -1.89. The average Bonchev–Trinajstić information content (AvgIpc) is 2.24. The molecule has 0 heteroatoms. The molecule has 0 aliphatic carbocycles. The van der Waals surface area contributed by atoms with Crippen molar-refractivity contribution in [3.05, 3.63) is 30.0 Å². The molecule has 0 heterocycles. The molecule has 98 valence electrons. The molecule has 0 aliphatic heterocycles. The SMILES string of the molecule is C=C=CC(=CCC(C)C)CCCCCC(C)C. The average molecular weight is 234 g/mol. The van der Waals surface area contributed by atoms with Crippen LogP contribution in [0.3, 0.4) is 0 Å². The van der Waals surface area contributed by atoms with E-state index in [1.165, 1.54) is 44.1 Å². The second-order valence-corrected chi connectivity index (χ2v) is 5.75. The van der Waals surface area contributed by atoms with Crippen molar-refractivity contribution in [3.8, 4) is 0 Å². The fourth-order valence-corrected chi connectivity index (χ4v) is 1.81. The smallest absolute Gasteiger partial charge is 0.0177 e. The molecule has 0 saturated heterocycles. The molecule has 0 aromatic carbocycles. The summed E-state index contributed by atoms with van der Waals surface area (Å²) in [6.45, 7) is 12.8. The Kier molecular flexibility index (Phi) is 9.96. The highest BCUT2D eigenvalue weighted by molar-refractivity contribution is 5.17. The van der Waals surface area contributed by atoms with Gasteiger partial charge >= 0.3 is 0 Å². The first-order valence-electron chi connectivity index (χ1n) is 7.11. The minimum Gasteiger partial charge on any atom is -0.128 e. The van der Waals surface area contributed by atoms with Gasteiger partial charge in [-0.2, -0.15) is 0 Å². The Bertz CT molecular complexity index is 249. The first kappa shape index (κ1) is 16.3. The monoisotopic (exact) mass is 234 g/mol. The zero-order valence-electron chi connectivity index (χ0n) is 12.3. The van der Waals surface area contributed by atoms with Gasteiger partial charge in [0.25, 0.3) is 0 Å². The molecule has 0 nitrogen and oxygen atoms in total. The van der Waals surface area contributed by atoms with Gasteiger partial charge in [-0.25, -0.2) is 0 Å². The first-order chi connectivity index (χ1) is 8.06. The van der Waals surface area contributed by atoms with Crippen molar-refractivity contribution in [1.29, 1.82) is 0 Å². The Hall–Kier alpha value is -0.740. The van der Waals surface area contributed by atoms with E-state index in [0.29, 0.717) is 0 Å². The van der Waals surface area contributed by atoms with Crippen molar-refractivity contribution < 1.29 is 0 Å². The quantitative estimate of drug-likeness (QED) is 0.264. The molecule has 0 aliphatic rings. The largest absolute Gasteiger partial charge is 0.128 e. The lowest BCUT2D eigenvalue weighted by molar-refractivity contribution is 0.527. The topological polar surface area (TPSA) is 0 Å². The van der Waals surface area contributed by atoms with Crippen LogP contribution in [0.1, 0.15) is 66.2 Å². The van der Waals surface area contributed by atoms with E-state index < -0.39 is 0 Å². The summed E-state index contributed by atoms with van der Waals surface area (Å²) in [5.74, 6) is 1.59. The van der Waals surface area contributed by atoms with E-state index in [-0.39, 0.29) is 0 Å². The molecule has 0 bridgehead atoms. The lowest BCUT2D eigenvalue weighted by atomic mass is 10.0. The zero-order chi connectivity index (χ0) is 13.1. The van der Waals surface area contributed by atoms with Crippen molar-refractivity contribution in [2.75, 3.05) is 0 Å². The highest BCUT2D eigenvalue weighted by atomic mass is 14.0. The number of unbranched alkanes of at least 4 members (excludes halogenated alkanes) is 2. The van der Waals surface area contributed by atoms with Gasteiger partial charge in [-0.15, -0.1) is 5.73 Å². The number of hydrogen-bond donors (Lipinski definition) is 0. The third-order valence-electron chi connectivity index (χ3n) is 2.89. The summed E-state index contributed by atoms with van der Waals surface area (Å²) >= 11 is 0. The summed E-state index contributed by atoms with van der Waals surface area (Å²) in [5.41, 5.74) is 4.32. The summed E-state index contributed by atoms with van der Waals surface area (Å²) in [4.78, 5) is 0. The molecule has 0 radical (unpaired) electrons. The minimum atomic E-state index is 0.740. The normalized spacial score (nSPS) is 12.0. The van der Waals surface area contributed by atoms with E-state index in [2.05, 4.69) is 46.1 Å². The second-order valence-electron chi connectivity index (χ2n) is 5.75. The fraction of sp³-hybridized carbons (Fsp3) is 0.706. The van der Waals surface area contributed by atoms with Gasteiger partial charge < -0.3 is 0 Å². The van der Waals surface area contributed by atoms with Crippen molar-refractivity contribution in [1.82, 2.24) is 0 Å². The maximum absolute atomic E-state index is 3.67. The standard InChI is InChI=1S/C17H30/c1-6-10-17(14-13-16(4)5)12-9-7-8-11-15(2)3/h10,14-16H,1,7-9,11-13H2,2-5H3. The van der Waals surface area contributed by atoms with Gasteiger partial charge in [-0.05, 0) is 42.7 Å². The molecule has 17 heavy (non-hydrogen) atoms. The van der Waals surface area contributed by atoms with Gasteiger partial charge in [0, 0.05) is 0 Å². The van der Waals surface area contributed by atoms with Crippen LogP contribution in [0.25, 0.3) is 0 Å². The van der Waals surface area contributed by atoms with Gasteiger partial charge in [0.05, 0.1) is 0 Å². The van der Waals surface area contributed by atoms with Crippen LogP contribution in [0, 0.1) is 11.8 Å². The molecule has 0 amide bonds. The van der Waals surface area contributed by atoms with Crippen molar-refractivity contribution in [3.63, 3.8) is 0 Å². The summed E-state index contributed by atoms with van der Waals surface area (Å²) in [6.07, 6.45) is 12.1. The molecule has 0 spiro atoms. The Balaban J connectivity index is 3.85. The first-order valence-corrected chi connectivity index (χ1v) is 7.11. The van der Waals surface area contributed by atoms with Crippen LogP contribution in [0.15, 0.2) is 30.0 Å². The Morgan fingerprint density at radius 3 is 2.29 bits per heavy atom. The van der Waals surface area contributed by atoms with Crippen LogP contribution >= 0.6 is 0 Å². The van der Waals surface area contributed by atoms with Crippen LogP contribution in [0.4, 0.5) is 0 Å². The highest BCUT2D eigenvalue weighted by Crippen LogP contribution is 2.15. The van der Waals surface area contributed by atoms with Gasteiger partial charge in [-0.3, -0.25) is 0 Å². The van der Waals surface area contributed by atoms with E-state index in [1.54, 1.807) is 0 Å². The van der Waals surface area contributed by atoms with Crippen molar-refractivity contribution >= 4 is 0 Å². The molecule has 0 rings (SSSR count). The third kappa shape index (κ3) is 11.5. The highest BCUT2D eigenvalue weighted by Gasteiger charge is 1.97. The van der Waals surface area contributed by atoms with Crippen LogP contribution in [0.5, 0.6) is 0 Å². The maximum atomic E-state index is 3.67. The summed E-state index contributed by atoms with van der Waals surface area (Å²) in [5, 5.41) is 0. The van der Waals surface area contributed by atoms with Gasteiger partial charge in [-0.1, -0.05) is 59.6 Å². The Labute approximate surface area is 109 Å². The molecule has 0 aromatic rings. The third-order valence-corrected chi connectivity index (χ3v) is 2.89. The molecule has 0 unspecified atom stereocenters. The number of allylic oxidation sites excluding steroid dienone is 3. The van der Waals surface area contributed by atoms with Crippen molar-refractivity contribution in [2.24, 2.45) is 11.8 Å². The maximum Gasteiger partial charge on any atom is -0.0177 e. The van der Waals surface area contributed by atoms with Gasteiger partial charge in [0.1, 0.15) is 0 Å². The molecule has 0 aromatic heterocycles. The van der Waals surface area contributed by atoms with Crippen LogP contribution in [-0.2, 0) is 0 Å². The molecule has 0 fully saturated rings. The van der Waals surface area contributed by atoms with E-state index in [1.807, 2.05) is 6.08 Å². The predicted octanol–water partition coefficient (Wildman–Crippen LogP) is 5.91. The number of hydrogen-bond acceptors (Lipinski definition) is 0. The van der Waals surface area contributed by atoms with Crippen LogP contribution < -0.4 is 0 Å². The number of rotatable bonds is 9. The van der Waals surface area contributed by atoms with Crippen LogP contribution in [-0.4, -0.2) is 0 Å². The Morgan fingerprint density at radius 2 is 1.76 bits per heavy atom. The van der Waals surface area contributed by atoms with Gasteiger partial charge in [0.2, 0.25) is 0 Å². The fourth-order valence-electron chi connectivity index (χ4n) is 1.81. The Morgan fingerprint density at radius 1 is 1.06 bits per heavy atom. The molecular weight excluding hydrogens is 204 g/mol. The second kappa shape index (κ2) is 10.4. The van der Waals surface area contributed by atoms with Crippen molar-refractivity contribution in [2.45, 2.75) is 66.2 Å². The van der Waals surface area contributed by atoms with Crippen LogP contribution in [0.2, 0.25) is 0 Å². The molecule has 0 atom stereocenters. The van der Waals surface area contributed by atoms with Gasteiger partial charge in [0.15, 0.2) is 0 Å². The summed E-state index contributed by atoms with van der Waals surface area (Å²) in [7, 11) is 0. The molecule has 0 N–H and O–H groups in total. The van der Waals surface area contributed by atoms with E-state index in [0.717, 1.165) is 11.8 Å². The van der Waals surface area contributed by atoms with E-state index >= 15 is 0 Å². The predicted molar refractivity (Wildman–Crippen MR) is 79.2 cm³/mol. The summed E-state index contributed by atoms with van der Waals surface area (Å²) in [6, 6.07) is 0. The summed E-state index contributed by atoms with van der Waals surface area (Å²) < 4.78 is 0. The minimum absolute atomic E-state index is 0.740.